The molecule has 4 atom stereocenters. The minimum atomic E-state index is -0.861. The van der Waals surface area contributed by atoms with Gasteiger partial charge in [-0.3, -0.25) is 19.3 Å². The van der Waals surface area contributed by atoms with Gasteiger partial charge in [-0.25, -0.2) is 0 Å². The molecule has 1 aliphatic heterocycles. The van der Waals surface area contributed by atoms with Crippen LogP contribution < -0.4 is 0 Å². The number of fused-ring (bicyclic) bond motifs is 2. The van der Waals surface area contributed by atoms with Gasteiger partial charge in [0.05, 0.1) is 24.5 Å². The Bertz CT molecular complexity index is 1380. The molecular weight excluding hydrogens is 534 g/mol. The highest BCUT2D eigenvalue weighted by molar-refractivity contribution is 6.06. The van der Waals surface area contributed by atoms with Crippen molar-refractivity contribution in [2.24, 2.45) is 17.8 Å². The first-order valence-corrected chi connectivity index (χ1v) is 15.2. The van der Waals surface area contributed by atoms with Gasteiger partial charge < -0.3 is 20.4 Å². The Morgan fingerprint density at radius 3 is 2.43 bits per heavy atom. The maximum Gasteiger partial charge on any atom is 0.303 e. The summed E-state index contributed by atoms with van der Waals surface area (Å²) in [6.07, 6.45) is 5.82. The summed E-state index contributed by atoms with van der Waals surface area (Å²) < 4.78 is 0. The number of aliphatic hydroxyl groups is 2. The number of hydrogen-bond acceptors (Lipinski definition) is 6. The van der Waals surface area contributed by atoms with Gasteiger partial charge in [-0.1, -0.05) is 67.8 Å². The molecule has 1 saturated heterocycles. The molecule has 0 bridgehead atoms. The van der Waals surface area contributed by atoms with Crippen molar-refractivity contribution in [2.45, 2.75) is 77.7 Å². The van der Waals surface area contributed by atoms with Crippen molar-refractivity contribution in [1.29, 1.82) is 0 Å². The maximum absolute atomic E-state index is 13.5. The van der Waals surface area contributed by atoms with Crippen molar-refractivity contribution in [1.82, 2.24) is 4.90 Å². The lowest BCUT2D eigenvalue weighted by molar-refractivity contribution is -0.141. The summed E-state index contributed by atoms with van der Waals surface area (Å²) in [4.78, 5) is 38.8. The lowest BCUT2D eigenvalue weighted by Crippen LogP contribution is -2.39. The van der Waals surface area contributed by atoms with Crippen LogP contribution in [0.1, 0.15) is 77.2 Å². The van der Waals surface area contributed by atoms with Crippen molar-refractivity contribution >= 4 is 34.6 Å². The molecule has 0 aromatic heterocycles. The van der Waals surface area contributed by atoms with Crippen molar-refractivity contribution in [2.75, 3.05) is 13.2 Å². The van der Waals surface area contributed by atoms with Gasteiger partial charge in [0, 0.05) is 24.3 Å². The molecule has 8 nitrogen and oxygen atoms in total. The molecule has 2 amide bonds. The van der Waals surface area contributed by atoms with E-state index in [9.17, 15) is 29.7 Å². The molecule has 1 aliphatic carbocycles. The number of aliphatic hydroxyl groups excluding tert-OH is 2. The lowest BCUT2D eigenvalue weighted by atomic mass is 9.67. The molecule has 0 unspecified atom stereocenters. The fraction of sp³-hybridized carbons (Fsp3) is 0.500. The topological polar surface area (TPSA) is 135 Å². The van der Waals surface area contributed by atoms with Gasteiger partial charge in [-0.2, -0.15) is 0 Å². The van der Waals surface area contributed by atoms with Crippen molar-refractivity contribution in [3.05, 3.63) is 58.7 Å². The number of carboxylic acid groups (broad SMARTS) is 1. The third kappa shape index (κ3) is 6.60. The molecule has 2 aromatic carbocycles. The molecule has 42 heavy (non-hydrogen) atoms. The zero-order chi connectivity index (χ0) is 30.4. The second-order valence-electron chi connectivity index (χ2n) is 11.5. The number of carboxylic acids is 1. The number of likely N-dealkylation sites (tertiary alicyclic amines) is 1. The maximum atomic E-state index is 13.5. The van der Waals surface area contributed by atoms with Gasteiger partial charge >= 0.3 is 5.97 Å². The van der Waals surface area contributed by atoms with Gasteiger partial charge in [0.2, 0.25) is 11.8 Å². The number of carbonyl (C=O) groups is 3. The van der Waals surface area contributed by atoms with Crippen LogP contribution in [-0.2, 0) is 14.4 Å². The Morgan fingerprint density at radius 1 is 1.02 bits per heavy atom. The van der Waals surface area contributed by atoms with Crippen molar-refractivity contribution in [3.8, 4) is 5.75 Å². The minimum absolute atomic E-state index is 0.0607. The molecule has 0 saturated carbocycles. The molecule has 0 spiro atoms. The number of nitrogens with zero attached hydrogens (tertiary/aromatic N) is 1. The van der Waals surface area contributed by atoms with Crippen molar-refractivity contribution < 1.29 is 34.8 Å². The van der Waals surface area contributed by atoms with Crippen LogP contribution in [0.3, 0.4) is 0 Å². The van der Waals surface area contributed by atoms with Crippen molar-refractivity contribution in [3.63, 3.8) is 0 Å². The van der Waals surface area contributed by atoms with Crippen LogP contribution in [0.2, 0.25) is 0 Å². The predicted octanol–water partition coefficient (Wildman–Crippen LogP) is 5.44. The van der Waals surface area contributed by atoms with E-state index in [1.165, 1.54) is 4.90 Å². The molecule has 4 rings (SSSR count). The SMILES string of the molecule is CCC1=C([C@H](O)CC/C(=C/c2ccc(O)c3ccccc23)CC)[C@H](CO)[C@@H]2C(=O)N(CCCCCC(=O)O)C(=O)[C@@H]2C1. The Labute approximate surface area is 247 Å². The average molecular weight is 578 g/mol. The van der Waals surface area contributed by atoms with E-state index in [0.29, 0.717) is 50.5 Å². The average Bonchev–Trinajstić information content (AvgIpc) is 3.23. The molecule has 0 radical (unpaired) electrons. The van der Waals surface area contributed by atoms with E-state index in [-0.39, 0.29) is 37.1 Å². The summed E-state index contributed by atoms with van der Waals surface area (Å²) >= 11 is 0. The zero-order valence-electron chi connectivity index (χ0n) is 24.6. The monoisotopic (exact) mass is 577 g/mol. The number of aromatic hydroxyl groups is 1. The minimum Gasteiger partial charge on any atom is -0.507 e. The highest BCUT2D eigenvalue weighted by atomic mass is 16.4. The summed E-state index contributed by atoms with van der Waals surface area (Å²) in [5.74, 6) is -2.98. The van der Waals surface area contributed by atoms with Gasteiger partial charge in [-0.05, 0) is 67.5 Å². The third-order valence-corrected chi connectivity index (χ3v) is 9.02. The first-order chi connectivity index (χ1) is 20.2. The molecule has 4 N–H and O–H groups in total. The van der Waals surface area contributed by atoms with E-state index in [1.807, 2.05) is 37.3 Å². The Kier molecular flexibility index (Phi) is 10.6. The second-order valence-corrected chi connectivity index (χ2v) is 11.5. The summed E-state index contributed by atoms with van der Waals surface area (Å²) in [6, 6.07) is 11.3. The van der Waals surface area contributed by atoms with Crippen LogP contribution in [0.4, 0.5) is 0 Å². The molecule has 2 aliphatic rings. The Balaban J connectivity index is 1.49. The predicted molar refractivity (Wildman–Crippen MR) is 161 cm³/mol. The van der Waals surface area contributed by atoms with E-state index < -0.39 is 29.8 Å². The highest BCUT2D eigenvalue weighted by Gasteiger charge is 2.54. The first kappa shape index (κ1) is 31.4. The number of rotatable bonds is 14. The Morgan fingerprint density at radius 2 is 1.76 bits per heavy atom. The largest absolute Gasteiger partial charge is 0.507 e. The molecule has 226 valence electrons. The normalized spacial score (nSPS) is 21.8. The standard InChI is InChI=1S/C34H43NO7/c1-3-21(18-23-14-16-28(37)25-11-8-7-10-24(23)25)13-15-29(38)31-22(4-2)19-26-32(27(31)20-36)34(42)35(33(26)41)17-9-5-6-12-30(39)40/h7-8,10-11,14,16,18,26-27,29,32,36-38H,3-6,9,12-13,15,17,19-20H2,1-2H3,(H,39,40)/b21-18+/t26-,27+,29-,32-/m1/s1. The summed E-state index contributed by atoms with van der Waals surface area (Å²) in [5.41, 5.74) is 3.78. The molecule has 2 aromatic rings. The zero-order valence-corrected chi connectivity index (χ0v) is 24.6. The molecular formula is C34H43NO7. The smallest absolute Gasteiger partial charge is 0.303 e. The van der Waals surface area contributed by atoms with E-state index in [2.05, 4.69) is 13.0 Å². The number of carbonyl (C=O) groups excluding carboxylic acids is 2. The van der Waals surface area contributed by atoms with Crippen LogP contribution in [0.25, 0.3) is 16.8 Å². The fourth-order valence-electron chi connectivity index (χ4n) is 6.79. The number of aliphatic carboxylic acids is 1. The van der Waals surface area contributed by atoms with Crippen LogP contribution in [0.15, 0.2) is 53.1 Å². The highest BCUT2D eigenvalue weighted by Crippen LogP contribution is 2.47. The number of phenols is 1. The van der Waals surface area contributed by atoms with E-state index in [1.54, 1.807) is 6.07 Å². The number of benzene rings is 2. The molecule has 8 heteroatoms. The lowest BCUT2D eigenvalue weighted by Gasteiger charge is -2.36. The molecule has 1 heterocycles. The number of unbranched alkanes of at least 4 members (excludes halogenated alkanes) is 2. The third-order valence-electron chi connectivity index (χ3n) is 9.02. The number of hydrogen-bond donors (Lipinski definition) is 4. The van der Waals surface area contributed by atoms with Crippen LogP contribution in [0.5, 0.6) is 5.75 Å². The van der Waals surface area contributed by atoms with E-state index in [0.717, 1.165) is 33.9 Å². The Hall–Kier alpha value is -3.49. The number of amides is 2. The molecule has 1 fully saturated rings. The number of imide groups is 1. The number of allylic oxidation sites excluding steroid dienone is 2. The van der Waals surface area contributed by atoms with Gasteiger partial charge in [0.15, 0.2) is 0 Å². The van der Waals surface area contributed by atoms with E-state index in [4.69, 9.17) is 5.11 Å². The number of phenolic OH excluding ortho intramolecular Hbond substituents is 1. The summed E-state index contributed by atoms with van der Waals surface area (Å²) in [5, 5.41) is 42.8. The van der Waals surface area contributed by atoms with Crippen LogP contribution >= 0.6 is 0 Å². The fourth-order valence-corrected chi connectivity index (χ4v) is 6.79. The van der Waals surface area contributed by atoms with Crippen LogP contribution in [-0.4, -0.2) is 62.4 Å². The summed E-state index contributed by atoms with van der Waals surface area (Å²) in [6.45, 7) is 3.97. The van der Waals surface area contributed by atoms with Crippen LogP contribution in [0, 0.1) is 17.8 Å². The van der Waals surface area contributed by atoms with Gasteiger partial charge in [0.25, 0.3) is 0 Å². The van der Waals surface area contributed by atoms with Gasteiger partial charge in [-0.15, -0.1) is 0 Å². The quantitative estimate of drug-likeness (QED) is 0.133. The summed E-state index contributed by atoms with van der Waals surface area (Å²) in [7, 11) is 0. The second kappa shape index (κ2) is 14.1. The first-order valence-electron chi connectivity index (χ1n) is 15.2. The van der Waals surface area contributed by atoms with E-state index >= 15 is 0 Å². The van der Waals surface area contributed by atoms with Gasteiger partial charge in [0.1, 0.15) is 5.75 Å².